The average Bonchev–Trinajstić information content (AvgIpc) is 2.93. The number of rotatable bonds is 7. The van der Waals surface area contributed by atoms with Gasteiger partial charge in [-0.15, -0.1) is 0 Å². The van der Waals surface area contributed by atoms with Crippen LogP contribution in [-0.4, -0.2) is 42.5 Å². The Kier molecular flexibility index (Phi) is 6.98. The van der Waals surface area contributed by atoms with Crippen LogP contribution >= 0.6 is 39.9 Å². The van der Waals surface area contributed by atoms with Crippen LogP contribution in [-0.2, 0) is 4.79 Å². The lowest BCUT2D eigenvalue weighted by molar-refractivity contribution is -0.121. The van der Waals surface area contributed by atoms with E-state index < -0.39 is 0 Å². The third kappa shape index (κ3) is 4.87. The van der Waals surface area contributed by atoms with Gasteiger partial charge in [-0.3, -0.25) is 9.69 Å². The zero-order valence-corrected chi connectivity index (χ0v) is 18.5. The SMILES string of the molecule is COc1ccccc1OCCOc1ccc(Br)cc1C=C1SC(=S)N(C)C1=O. The highest BCUT2D eigenvalue weighted by Crippen LogP contribution is 2.34. The molecule has 1 fully saturated rings. The Morgan fingerprint density at radius 3 is 2.43 bits per heavy atom. The quantitative estimate of drug-likeness (QED) is 0.324. The number of carbonyl (C=O) groups excluding carboxylic acids is 1. The van der Waals surface area contributed by atoms with Gasteiger partial charge < -0.3 is 14.2 Å². The second kappa shape index (κ2) is 9.45. The highest BCUT2D eigenvalue weighted by molar-refractivity contribution is 9.10. The van der Waals surface area contributed by atoms with Gasteiger partial charge in [-0.05, 0) is 36.4 Å². The van der Waals surface area contributed by atoms with Crippen LogP contribution < -0.4 is 14.2 Å². The Hall–Kier alpha value is -2.03. The van der Waals surface area contributed by atoms with Gasteiger partial charge in [0.15, 0.2) is 11.5 Å². The van der Waals surface area contributed by atoms with Gasteiger partial charge in [-0.2, -0.15) is 0 Å². The molecule has 28 heavy (non-hydrogen) atoms. The molecule has 146 valence electrons. The van der Waals surface area contributed by atoms with Crippen molar-refractivity contribution in [3.05, 3.63) is 57.4 Å². The monoisotopic (exact) mass is 479 g/mol. The molecule has 0 aromatic heterocycles. The number of ether oxygens (including phenoxy) is 3. The molecule has 0 saturated carbocycles. The average molecular weight is 480 g/mol. The zero-order chi connectivity index (χ0) is 20.1. The number of thioether (sulfide) groups is 1. The molecule has 8 heteroatoms. The number of likely N-dealkylation sites (N-methyl/N-ethyl adjacent to an activating group) is 1. The van der Waals surface area contributed by atoms with Crippen molar-refractivity contribution in [2.75, 3.05) is 27.4 Å². The summed E-state index contributed by atoms with van der Waals surface area (Å²) in [7, 11) is 3.28. The first kappa shape index (κ1) is 20.7. The number of carbonyl (C=O) groups is 1. The number of amides is 1. The molecular formula is C20H18BrNO4S2. The molecule has 1 heterocycles. The number of halogens is 1. The lowest BCUT2D eigenvalue weighted by Crippen LogP contribution is -2.22. The summed E-state index contributed by atoms with van der Waals surface area (Å²) >= 11 is 9.93. The van der Waals surface area contributed by atoms with E-state index in [0.717, 1.165) is 10.0 Å². The summed E-state index contributed by atoms with van der Waals surface area (Å²) in [5.74, 6) is 1.89. The summed E-state index contributed by atoms with van der Waals surface area (Å²) in [4.78, 5) is 14.3. The molecule has 1 amide bonds. The highest BCUT2D eigenvalue weighted by atomic mass is 79.9. The van der Waals surface area contributed by atoms with Crippen LogP contribution in [0.2, 0.25) is 0 Å². The van der Waals surface area contributed by atoms with Gasteiger partial charge in [0.25, 0.3) is 5.91 Å². The first-order valence-corrected chi connectivity index (χ1v) is 10.4. The number of thiocarbonyl (C=S) groups is 1. The Morgan fingerprint density at radius 2 is 1.79 bits per heavy atom. The van der Waals surface area contributed by atoms with E-state index in [1.165, 1.54) is 16.7 Å². The van der Waals surface area contributed by atoms with Crippen molar-refractivity contribution in [2.24, 2.45) is 0 Å². The van der Waals surface area contributed by atoms with E-state index in [1.807, 2.05) is 42.5 Å². The van der Waals surface area contributed by atoms with E-state index in [4.69, 9.17) is 26.4 Å². The third-order valence-corrected chi connectivity index (χ3v) is 5.89. The maximum Gasteiger partial charge on any atom is 0.265 e. The Labute approximate surface area is 181 Å². The van der Waals surface area contributed by atoms with Gasteiger partial charge in [0.2, 0.25) is 0 Å². The van der Waals surface area contributed by atoms with E-state index >= 15 is 0 Å². The van der Waals surface area contributed by atoms with E-state index in [1.54, 1.807) is 20.2 Å². The van der Waals surface area contributed by atoms with Gasteiger partial charge in [-0.25, -0.2) is 0 Å². The zero-order valence-electron chi connectivity index (χ0n) is 15.3. The fourth-order valence-electron chi connectivity index (χ4n) is 2.49. The number of nitrogens with zero attached hydrogens (tertiary/aromatic N) is 1. The first-order valence-electron chi connectivity index (χ1n) is 8.39. The molecule has 0 atom stereocenters. The van der Waals surface area contributed by atoms with Crippen molar-refractivity contribution < 1.29 is 19.0 Å². The van der Waals surface area contributed by atoms with Crippen molar-refractivity contribution in [1.82, 2.24) is 4.90 Å². The van der Waals surface area contributed by atoms with Crippen LogP contribution in [0.5, 0.6) is 17.2 Å². The van der Waals surface area contributed by atoms with Gasteiger partial charge in [0.05, 0.1) is 12.0 Å². The highest BCUT2D eigenvalue weighted by Gasteiger charge is 2.29. The molecule has 0 bridgehead atoms. The minimum atomic E-state index is -0.111. The van der Waals surface area contributed by atoms with Crippen LogP contribution in [0.15, 0.2) is 51.8 Å². The van der Waals surface area contributed by atoms with Crippen LogP contribution in [0, 0.1) is 0 Å². The topological polar surface area (TPSA) is 48.0 Å². The number of methoxy groups -OCH3 is 1. The Balaban J connectivity index is 1.68. The van der Waals surface area contributed by atoms with E-state index in [-0.39, 0.29) is 5.91 Å². The van der Waals surface area contributed by atoms with Crippen LogP contribution in [0.3, 0.4) is 0 Å². The van der Waals surface area contributed by atoms with Crippen LogP contribution in [0.4, 0.5) is 0 Å². The molecule has 0 aliphatic carbocycles. The van der Waals surface area contributed by atoms with Gasteiger partial charge in [0.1, 0.15) is 23.3 Å². The normalized spacial score (nSPS) is 15.2. The summed E-state index contributed by atoms with van der Waals surface area (Å²) in [6, 6.07) is 13.1. The molecule has 0 radical (unpaired) electrons. The minimum Gasteiger partial charge on any atom is -0.493 e. The largest absolute Gasteiger partial charge is 0.493 e. The van der Waals surface area contributed by atoms with Crippen molar-refractivity contribution in [3.63, 3.8) is 0 Å². The van der Waals surface area contributed by atoms with Crippen molar-refractivity contribution in [2.45, 2.75) is 0 Å². The number of benzene rings is 2. The molecule has 3 rings (SSSR count). The van der Waals surface area contributed by atoms with Crippen LogP contribution in [0.25, 0.3) is 6.08 Å². The third-order valence-electron chi connectivity index (χ3n) is 3.91. The maximum absolute atomic E-state index is 12.3. The molecule has 0 spiro atoms. The summed E-state index contributed by atoms with van der Waals surface area (Å²) in [5, 5.41) is 0. The summed E-state index contributed by atoms with van der Waals surface area (Å²) < 4.78 is 18.3. The molecule has 2 aromatic carbocycles. The molecule has 2 aromatic rings. The molecule has 5 nitrogen and oxygen atoms in total. The van der Waals surface area contributed by atoms with Crippen molar-refractivity contribution in [3.8, 4) is 17.2 Å². The van der Waals surface area contributed by atoms with Crippen molar-refractivity contribution >= 4 is 56.2 Å². The Bertz CT molecular complexity index is 932. The van der Waals surface area contributed by atoms with Gasteiger partial charge in [-0.1, -0.05) is 52.0 Å². The molecule has 1 aliphatic heterocycles. The molecule has 0 unspecified atom stereocenters. The molecule has 1 saturated heterocycles. The van der Waals surface area contributed by atoms with E-state index in [2.05, 4.69) is 15.9 Å². The standard InChI is InChI=1S/C20H18BrNO4S2/c1-22-19(23)18(28-20(22)27)12-13-11-14(21)7-8-15(13)25-9-10-26-17-6-4-3-5-16(17)24-2/h3-8,11-12H,9-10H2,1-2H3. The lowest BCUT2D eigenvalue weighted by Gasteiger charge is -2.13. The number of hydrogen-bond donors (Lipinski definition) is 0. The summed E-state index contributed by atoms with van der Waals surface area (Å²) in [6.07, 6.45) is 1.80. The van der Waals surface area contributed by atoms with E-state index in [9.17, 15) is 4.79 Å². The second-order valence-corrected chi connectivity index (χ2v) is 8.36. The molecular weight excluding hydrogens is 462 g/mol. The lowest BCUT2D eigenvalue weighted by atomic mass is 10.2. The number of hydrogen-bond acceptors (Lipinski definition) is 6. The molecule has 1 aliphatic rings. The fourth-order valence-corrected chi connectivity index (χ4v) is 4.04. The fraction of sp³-hybridized carbons (Fsp3) is 0.200. The van der Waals surface area contributed by atoms with Gasteiger partial charge in [0, 0.05) is 17.1 Å². The predicted molar refractivity (Wildman–Crippen MR) is 119 cm³/mol. The smallest absolute Gasteiger partial charge is 0.265 e. The van der Waals surface area contributed by atoms with Crippen molar-refractivity contribution in [1.29, 1.82) is 0 Å². The first-order chi connectivity index (χ1) is 13.5. The number of para-hydroxylation sites is 2. The van der Waals surface area contributed by atoms with E-state index in [0.29, 0.717) is 39.7 Å². The summed E-state index contributed by atoms with van der Waals surface area (Å²) in [5.41, 5.74) is 0.792. The molecule has 0 N–H and O–H groups in total. The maximum atomic E-state index is 12.3. The van der Waals surface area contributed by atoms with Crippen LogP contribution in [0.1, 0.15) is 5.56 Å². The second-order valence-electron chi connectivity index (χ2n) is 5.77. The van der Waals surface area contributed by atoms with Gasteiger partial charge >= 0.3 is 0 Å². The summed E-state index contributed by atoms with van der Waals surface area (Å²) in [6.45, 7) is 0.697. The predicted octanol–water partition coefficient (Wildman–Crippen LogP) is 4.75. The minimum absolute atomic E-state index is 0.111. The Morgan fingerprint density at radius 1 is 1.11 bits per heavy atom.